The first-order valence-electron chi connectivity index (χ1n) is 5.08. The molecule has 7 heteroatoms. The minimum absolute atomic E-state index is 0.0680. The molecule has 0 bridgehead atoms. The van der Waals surface area contributed by atoms with Crippen LogP contribution in [0.15, 0.2) is 34.5 Å². The molecule has 0 amide bonds. The van der Waals surface area contributed by atoms with E-state index in [-0.39, 0.29) is 11.0 Å². The fourth-order valence-electron chi connectivity index (χ4n) is 1.80. The molecule has 0 atom stereocenters. The van der Waals surface area contributed by atoms with Crippen LogP contribution < -0.4 is 14.6 Å². The molecule has 0 unspecified atom stereocenters. The monoisotopic (exact) mass is 283 g/mol. The average molecular weight is 283 g/mol. The van der Waals surface area contributed by atoms with Gasteiger partial charge in [0.15, 0.2) is 5.75 Å². The quantitative estimate of drug-likeness (QED) is 0.911. The lowest BCUT2D eigenvalue weighted by Crippen LogP contribution is -2.11. The summed E-state index contributed by atoms with van der Waals surface area (Å²) in [7, 11) is -3.80. The van der Waals surface area contributed by atoms with E-state index in [9.17, 15) is 8.42 Å². The van der Waals surface area contributed by atoms with E-state index in [2.05, 4.69) is 0 Å². The van der Waals surface area contributed by atoms with Gasteiger partial charge in [-0.15, -0.1) is 0 Å². The van der Waals surface area contributed by atoms with Crippen molar-refractivity contribution in [2.45, 2.75) is 4.21 Å². The molecule has 94 valence electrons. The minimum Gasteiger partial charge on any atom is -0.452 e. The van der Waals surface area contributed by atoms with E-state index in [1.807, 2.05) is 18.2 Å². The Morgan fingerprint density at radius 2 is 1.89 bits per heavy atom. The summed E-state index contributed by atoms with van der Waals surface area (Å²) in [6.45, 7) is 0.103. The van der Waals surface area contributed by atoms with Crippen LogP contribution in [0.4, 0.5) is 0 Å². The number of fused-ring (bicyclic) bond motifs is 1. The van der Waals surface area contributed by atoms with Gasteiger partial charge >= 0.3 is 0 Å². The lowest BCUT2D eigenvalue weighted by Gasteiger charge is -2.04. The van der Waals surface area contributed by atoms with E-state index < -0.39 is 10.0 Å². The molecular weight excluding hydrogens is 274 g/mol. The molecule has 0 saturated heterocycles. The molecule has 1 aromatic heterocycles. The van der Waals surface area contributed by atoms with E-state index in [4.69, 9.17) is 14.6 Å². The van der Waals surface area contributed by atoms with Crippen LogP contribution in [-0.2, 0) is 10.0 Å². The fraction of sp³-hybridized carbons (Fsp3) is 0.0909. The normalized spacial score (nSPS) is 13.8. The van der Waals surface area contributed by atoms with Crippen LogP contribution in [0.25, 0.3) is 11.1 Å². The highest BCUT2D eigenvalue weighted by Crippen LogP contribution is 2.51. The first kappa shape index (κ1) is 11.5. The van der Waals surface area contributed by atoms with Crippen molar-refractivity contribution < 1.29 is 17.9 Å². The maximum Gasteiger partial charge on any atom is 0.248 e. The van der Waals surface area contributed by atoms with E-state index in [0.29, 0.717) is 16.4 Å². The molecule has 0 aliphatic carbocycles. The lowest BCUT2D eigenvalue weighted by atomic mass is 10.1. The smallest absolute Gasteiger partial charge is 0.248 e. The Balaban J connectivity index is 2.30. The maximum absolute atomic E-state index is 11.6. The predicted octanol–water partition coefficient (Wildman–Crippen LogP) is 1.79. The van der Waals surface area contributed by atoms with Crippen LogP contribution in [0.3, 0.4) is 0 Å². The van der Waals surface area contributed by atoms with Crippen molar-refractivity contribution in [1.82, 2.24) is 0 Å². The number of sulfonamides is 1. The Morgan fingerprint density at radius 3 is 2.56 bits per heavy atom. The van der Waals surface area contributed by atoms with Crippen LogP contribution in [0.5, 0.6) is 10.8 Å². The molecular formula is C11H9NO4S2. The standard InChI is InChI=1S/C11H9NO4S2/c12-18(13,14)11-8(7-4-2-1-3-5-7)9-10(17-11)16-6-15-9/h1-5H,6H2,(H2,12,13,14). The van der Waals surface area contributed by atoms with Gasteiger partial charge in [-0.25, -0.2) is 13.6 Å². The van der Waals surface area contributed by atoms with Gasteiger partial charge in [0, 0.05) is 0 Å². The molecule has 2 N–H and O–H groups in total. The van der Waals surface area contributed by atoms with E-state index in [1.165, 1.54) is 0 Å². The largest absolute Gasteiger partial charge is 0.452 e. The highest BCUT2D eigenvalue weighted by Gasteiger charge is 2.31. The van der Waals surface area contributed by atoms with E-state index in [1.54, 1.807) is 12.1 Å². The zero-order valence-electron chi connectivity index (χ0n) is 9.12. The Morgan fingerprint density at radius 1 is 1.17 bits per heavy atom. The van der Waals surface area contributed by atoms with Crippen molar-refractivity contribution in [1.29, 1.82) is 0 Å². The number of hydrogen-bond donors (Lipinski definition) is 1. The van der Waals surface area contributed by atoms with Crippen LogP contribution in [-0.4, -0.2) is 15.2 Å². The SMILES string of the molecule is NS(=O)(=O)c1sc2c(c1-c1ccccc1)OCO2. The highest BCUT2D eigenvalue weighted by atomic mass is 32.2. The Kier molecular flexibility index (Phi) is 2.54. The summed E-state index contributed by atoms with van der Waals surface area (Å²) in [5.74, 6) is 0.454. The summed E-state index contributed by atoms with van der Waals surface area (Å²) in [4.78, 5) is 0. The van der Waals surface area contributed by atoms with Crippen LogP contribution >= 0.6 is 11.3 Å². The zero-order chi connectivity index (χ0) is 12.8. The molecule has 0 radical (unpaired) electrons. The van der Waals surface area contributed by atoms with Crippen molar-refractivity contribution in [2.75, 3.05) is 6.79 Å². The van der Waals surface area contributed by atoms with Crippen molar-refractivity contribution >= 4 is 21.4 Å². The number of rotatable bonds is 2. The van der Waals surface area contributed by atoms with Crippen LogP contribution in [0.2, 0.25) is 0 Å². The van der Waals surface area contributed by atoms with Gasteiger partial charge in [0.05, 0.1) is 5.56 Å². The number of benzene rings is 1. The Labute approximate surface area is 108 Å². The molecule has 1 aliphatic heterocycles. The Bertz CT molecular complexity index is 691. The van der Waals surface area contributed by atoms with Gasteiger partial charge in [0.25, 0.3) is 0 Å². The second kappa shape index (κ2) is 3.98. The number of hydrogen-bond acceptors (Lipinski definition) is 5. The van der Waals surface area contributed by atoms with E-state index in [0.717, 1.165) is 16.9 Å². The number of thiophene rings is 1. The summed E-state index contributed by atoms with van der Waals surface area (Å²) < 4.78 is 33.8. The maximum atomic E-state index is 11.6. The Hall–Kier alpha value is -1.57. The molecule has 5 nitrogen and oxygen atoms in total. The van der Waals surface area contributed by atoms with Gasteiger partial charge in [-0.05, 0) is 5.56 Å². The average Bonchev–Trinajstić information content (AvgIpc) is 2.88. The first-order valence-corrected chi connectivity index (χ1v) is 7.44. The zero-order valence-corrected chi connectivity index (χ0v) is 10.8. The van der Waals surface area contributed by atoms with Gasteiger partial charge < -0.3 is 9.47 Å². The van der Waals surface area contributed by atoms with Crippen molar-refractivity contribution in [2.24, 2.45) is 5.14 Å². The summed E-state index contributed by atoms with van der Waals surface area (Å²) in [6, 6.07) is 9.10. The predicted molar refractivity (Wildman–Crippen MR) is 67.3 cm³/mol. The molecule has 2 heterocycles. The third kappa shape index (κ3) is 1.76. The van der Waals surface area contributed by atoms with Crippen LogP contribution in [0.1, 0.15) is 0 Å². The van der Waals surface area contributed by atoms with Gasteiger partial charge in [-0.1, -0.05) is 41.7 Å². The van der Waals surface area contributed by atoms with Gasteiger partial charge in [0.2, 0.25) is 21.9 Å². The fourth-order valence-corrected chi connectivity index (χ4v) is 3.83. The van der Waals surface area contributed by atoms with Crippen LogP contribution in [0, 0.1) is 0 Å². The molecule has 18 heavy (non-hydrogen) atoms. The highest BCUT2D eigenvalue weighted by molar-refractivity contribution is 7.91. The lowest BCUT2D eigenvalue weighted by molar-refractivity contribution is 0.176. The van der Waals surface area contributed by atoms with Crippen molar-refractivity contribution in [3.8, 4) is 21.9 Å². The summed E-state index contributed by atoms with van der Waals surface area (Å²) >= 11 is 0.990. The third-order valence-corrected chi connectivity index (χ3v) is 5.06. The molecule has 1 aromatic carbocycles. The van der Waals surface area contributed by atoms with Gasteiger partial charge in [-0.3, -0.25) is 0 Å². The molecule has 3 rings (SSSR count). The number of primary sulfonamides is 1. The molecule has 0 fully saturated rings. The first-order chi connectivity index (χ1) is 8.57. The molecule has 1 aliphatic rings. The second-order valence-electron chi connectivity index (χ2n) is 3.70. The summed E-state index contributed by atoms with van der Waals surface area (Å²) in [5, 5.41) is 5.68. The summed E-state index contributed by atoms with van der Waals surface area (Å²) in [5.41, 5.74) is 1.22. The van der Waals surface area contributed by atoms with Gasteiger partial charge in [0.1, 0.15) is 4.21 Å². The molecule has 0 saturated carbocycles. The van der Waals surface area contributed by atoms with E-state index >= 15 is 0 Å². The van der Waals surface area contributed by atoms with Crippen molar-refractivity contribution in [3.05, 3.63) is 30.3 Å². The number of ether oxygens (including phenoxy) is 2. The summed E-state index contributed by atoms with van der Waals surface area (Å²) in [6.07, 6.45) is 0. The minimum atomic E-state index is -3.80. The third-order valence-electron chi connectivity index (χ3n) is 2.52. The molecule has 0 spiro atoms. The molecule has 2 aromatic rings. The topological polar surface area (TPSA) is 78.6 Å². The second-order valence-corrected chi connectivity index (χ2v) is 6.44. The van der Waals surface area contributed by atoms with Crippen molar-refractivity contribution in [3.63, 3.8) is 0 Å². The number of nitrogens with two attached hydrogens (primary N) is 1. The van der Waals surface area contributed by atoms with Gasteiger partial charge in [-0.2, -0.15) is 0 Å².